The van der Waals surface area contributed by atoms with Crippen molar-refractivity contribution >= 4 is 23.5 Å². The molecule has 164 valence electrons. The molecule has 3 aromatic carbocycles. The van der Waals surface area contributed by atoms with E-state index in [1.54, 1.807) is 54.6 Å². The first kappa shape index (κ1) is 22.6. The van der Waals surface area contributed by atoms with Crippen LogP contribution in [0.3, 0.4) is 0 Å². The van der Waals surface area contributed by atoms with Crippen LogP contribution in [-0.4, -0.2) is 32.5 Å². The normalized spacial score (nSPS) is 10.6. The topological polar surface area (TPSA) is 73.9 Å². The highest BCUT2D eigenvalue weighted by Crippen LogP contribution is 2.29. The number of ether oxygens (including phenoxy) is 3. The van der Waals surface area contributed by atoms with Gasteiger partial charge in [-0.2, -0.15) is 0 Å². The van der Waals surface area contributed by atoms with Gasteiger partial charge in [0.25, 0.3) is 5.91 Å². The molecular formula is C26H25NO5. The van der Waals surface area contributed by atoms with Crippen molar-refractivity contribution in [3.8, 4) is 17.2 Å². The molecular weight excluding hydrogens is 406 g/mol. The fourth-order valence-corrected chi connectivity index (χ4v) is 2.97. The minimum Gasteiger partial charge on any atom is -0.495 e. The van der Waals surface area contributed by atoms with E-state index in [1.807, 2.05) is 25.1 Å². The molecule has 0 aromatic heterocycles. The molecule has 0 atom stereocenters. The number of aryl methyl sites for hydroxylation is 1. The molecule has 1 amide bonds. The van der Waals surface area contributed by atoms with Crippen molar-refractivity contribution in [2.75, 3.05) is 26.1 Å². The largest absolute Gasteiger partial charge is 0.495 e. The molecule has 0 saturated heterocycles. The van der Waals surface area contributed by atoms with Crippen LogP contribution in [0.15, 0.2) is 72.8 Å². The lowest BCUT2D eigenvalue weighted by molar-refractivity contribution is -0.118. The highest BCUT2D eigenvalue weighted by atomic mass is 16.5. The predicted molar refractivity (Wildman–Crippen MR) is 125 cm³/mol. The van der Waals surface area contributed by atoms with Gasteiger partial charge in [-0.1, -0.05) is 54.1 Å². The number of ketones is 1. The van der Waals surface area contributed by atoms with Gasteiger partial charge in [0, 0.05) is 5.56 Å². The Morgan fingerprint density at radius 3 is 2.31 bits per heavy atom. The van der Waals surface area contributed by atoms with Crippen LogP contribution in [0.4, 0.5) is 5.69 Å². The van der Waals surface area contributed by atoms with Crippen LogP contribution in [-0.2, 0) is 4.79 Å². The van der Waals surface area contributed by atoms with Gasteiger partial charge < -0.3 is 19.5 Å². The Hall–Kier alpha value is -4.06. The number of anilines is 1. The number of carbonyl (C=O) groups excluding carboxylic acids is 2. The molecule has 0 unspecified atom stereocenters. The van der Waals surface area contributed by atoms with E-state index in [2.05, 4.69) is 5.32 Å². The Morgan fingerprint density at radius 1 is 0.875 bits per heavy atom. The standard InChI is InChI=1S/C26H25NO5/c1-18-8-12-20(13-9-18)22(28)14-10-19-11-15-24(25(16-19)31-3)32-17-26(29)27-21-6-4-5-7-23(21)30-2/h4-16H,17H2,1-3H3,(H,27,29)/b14-10+. The third kappa shape index (κ3) is 5.98. The Kier molecular flexibility index (Phi) is 7.65. The predicted octanol–water partition coefficient (Wildman–Crippen LogP) is 4.93. The van der Waals surface area contributed by atoms with E-state index in [-0.39, 0.29) is 18.3 Å². The molecule has 0 aliphatic rings. The highest BCUT2D eigenvalue weighted by Gasteiger charge is 2.11. The molecule has 32 heavy (non-hydrogen) atoms. The minimum atomic E-state index is -0.329. The number of benzene rings is 3. The first-order valence-electron chi connectivity index (χ1n) is 10.0. The van der Waals surface area contributed by atoms with Gasteiger partial charge in [-0.05, 0) is 42.8 Å². The molecule has 0 fully saturated rings. The van der Waals surface area contributed by atoms with Gasteiger partial charge in [0.2, 0.25) is 0 Å². The van der Waals surface area contributed by atoms with E-state index >= 15 is 0 Å². The number of carbonyl (C=O) groups is 2. The summed E-state index contributed by atoms with van der Waals surface area (Å²) in [6.45, 7) is 1.78. The fraction of sp³-hybridized carbons (Fsp3) is 0.154. The molecule has 0 aliphatic carbocycles. The van der Waals surface area contributed by atoms with Crippen LogP contribution in [0.1, 0.15) is 21.5 Å². The van der Waals surface area contributed by atoms with Gasteiger partial charge in [0.05, 0.1) is 19.9 Å². The van der Waals surface area contributed by atoms with Crippen LogP contribution < -0.4 is 19.5 Å². The van der Waals surface area contributed by atoms with Crippen LogP contribution in [0.25, 0.3) is 6.08 Å². The van der Waals surface area contributed by atoms with E-state index in [0.29, 0.717) is 28.5 Å². The zero-order valence-electron chi connectivity index (χ0n) is 18.3. The molecule has 3 aromatic rings. The lowest BCUT2D eigenvalue weighted by Crippen LogP contribution is -2.20. The quantitative estimate of drug-likeness (QED) is 0.384. The van der Waals surface area contributed by atoms with Crippen molar-refractivity contribution in [3.63, 3.8) is 0 Å². The zero-order chi connectivity index (χ0) is 22.9. The van der Waals surface area contributed by atoms with Crippen molar-refractivity contribution in [1.29, 1.82) is 0 Å². The Balaban J connectivity index is 1.62. The second-order valence-electron chi connectivity index (χ2n) is 7.01. The number of allylic oxidation sites excluding steroid dienone is 1. The highest BCUT2D eigenvalue weighted by molar-refractivity contribution is 6.06. The summed E-state index contributed by atoms with van der Waals surface area (Å²) in [6.07, 6.45) is 3.23. The van der Waals surface area contributed by atoms with Crippen LogP contribution in [0, 0.1) is 6.92 Å². The lowest BCUT2D eigenvalue weighted by Gasteiger charge is -2.13. The van der Waals surface area contributed by atoms with E-state index < -0.39 is 0 Å². The Morgan fingerprint density at radius 2 is 1.59 bits per heavy atom. The van der Waals surface area contributed by atoms with E-state index in [9.17, 15) is 9.59 Å². The van der Waals surface area contributed by atoms with Crippen molar-refractivity contribution in [1.82, 2.24) is 0 Å². The number of hydrogen-bond donors (Lipinski definition) is 1. The summed E-state index contributed by atoms with van der Waals surface area (Å²) < 4.78 is 16.2. The summed E-state index contributed by atoms with van der Waals surface area (Å²) in [5, 5.41) is 2.75. The lowest BCUT2D eigenvalue weighted by atomic mass is 10.1. The summed E-state index contributed by atoms with van der Waals surface area (Å²) in [5.41, 5.74) is 3.06. The number of hydrogen-bond acceptors (Lipinski definition) is 5. The van der Waals surface area contributed by atoms with Crippen molar-refractivity contribution in [2.24, 2.45) is 0 Å². The molecule has 0 radical (unpaired) electrons. The van der Waals surface area contributed by atoms with Crippen LogP contribution in [0.5, 0.6) is 17.2 Å². The number of methoxy groups -OCH3 is 2. The van der Waals surface area contributed by atoms with E-state index in [0.717, 1.165) is 11.1 Å². The average Bonchev–Trinajstić information content (AvgIpc) is 2.82. The zero-order valence-corrected chi connectivity index (χ0v) is 18.3. The third-order valence-corrected chi connectivity index (χ3v) is 4.69. The van der Waals surface area contributed by atoms with E-state index in [4.69, 9.17) is 14.2 Å². The maximum absolute atomic E-state index is 12.3. The van der Waals surface area contributed by atoms with Gasteiger partial charge in [0.15, 0.2) is 23.9 Å². The first-order valence-corrected chi connectivity index (χ1v) is 10.0. The second-order valence-corrected chi connectivity index (χ2v) is 7.01. The van der Waals surface area contributed by atoms with Gasteiger partial charge in [-0.25, -0.2) is 0 Å². The summed E-state index contributed by atoms with van der Waals surface area (Å²) in [4.78, 5) is 24.6. The maximum atomic E-state index is 12.3. The third-order valence-electron chi connectivity index (χ3n) is 4.69. The van der Waals surface area contributed by atoms with Crippen LogP contribution in [0.2, 0.25) is 0 Å². The smallest absolute Gasteiger partial charge is 0.262 e. The van der Waals surface area contributed by atoms with Gasteiger partial charge >= 0.3 is 0 Å². The Labute approximate surface area is 187 Å². The molecule has 0 bridgehead atoms. The SMILES string of the molecule is COc1ccccc1NC(=O)COc1ccc(/C=C/C(=O)c2ccc(C)cc2)cc1OC. The molecule has 0 aliphatic heterocycles. The summed E-state index contributed by atoms with van der Waals surface area (Å²) in [5.74, 6) is 1.03. The Bertz CT molecular complexity index is 1120. The maximum Gasteiger partial charge on any atom is 0.262 e. The average molecular weight is 431 g/mol. The van der Waals surface area contributed by atoms with Gasteiger partial charge in [-0.3, -0.25) is 9.59 Å². The number of amides is 1. The summed E-state index contributed by atoms with van der Waals surface area (Å²) >= 11 is 0. The fourth-order valence-electron chi connectivity index (χ4n) is 2.97. The number of rotatable bonds is 9. The monoisotopic (exact) mass is 431 g/mol. The van der Waals surface area contributed by atoms with E-state index in [1.165, 1.54) is 20.3 Å². The molecule has 6 nitrogen and oxygen atoms in total. The molecule has 1 N–H and O–H groups in total. The molecule has 0 spiro atoms. The summed E-state index contributed by atoms with van der Waals surface area (Å²) in [7, 11) is 3.05. The van der Waals surface area contributed by atoms with Crippen molar-refractivity contribution < 1.29 is 23.8 Å². The minimum absolute atomic E-state index is 0.0858. The second kappa shape index (κ2) is 10.8. The van der Waals surface area contributed by atoms with Gasteiger partial charge in [-0.15, -0.1) is 0 Å². The van der Waals surface area contributed by atoms with Crippen molar-refractivity contribution in [3.05, 3.63) is 89.5 Å². The van der Waals surface area contributed by atoms with Crippen LogP contribution >= 0.6 is 0 Å². The molecule has 3 rings (SSSR count). The number of nitrogens with one attached hydrogen (secondary N) is 1. The molecule has 6 heteroatoms. The summed E-state index contributed by atoms with van der Waals surface area (Å²) in [6, 6.07) is 19.8. The first-order chi connectivity index (χ1) is 15.5. The van der Waals surface area contributed by atoms with Crippen molar-refractivity contribution in [2.45, 2.75) is 6.92 Å². The van der Waals surface area contributed by atoms with Gasteiger partial charge in [0.1, 0.15) is 5.75 Å². The molecule has 0 saturated carbocycles. The number of para-hydroxylation sites is 2. The molecule has 0 heterocycles.